The lowest BCUT2D eigenvalue weighted by Gasteiger charge is -2.28. The number of nitrogens with zero attached hydrogens (tertiary/aromatic N) is 4. The molecule has 0 aromatic carbocycles. The number of hydrogen-bond acceptors (Lipinski definition) is 4. The van der Waals surface area contributed by atoms with Crippen LogP contribution in [0, 0.1) is 0 Å². The maximum Gasteiger partial charge on any atom is 0.231 e. The summed E-state index contributed by atoms with van der Waals surface area (Å²) in [6, 6.07) is 0.357. The topological polar surface area (TPSA) is 41.9 Å². The SMILES string of the molecule is CCCCN(c1nc(Cl)nc(Cl)n1)C(C)CC. The molecule has 1 unspecified atom stereocenters. The van der Waals surface area contributed by atoms with Crippen molar-refractivity contribution in [3.05, 3.63) is 10.6 Å². The second kappa shape index (κ2) is 6.97. The van der Waals surface area contributed by atoms with Crippen molar-refractivity contribution in [1.29, 1.82) is 0 Å². The van der Waals surface area contributed by atoms with Crippen LogP contribution in [0.1, 0.15) is 40.0 Å². The fourth-order valence-electron chi connectivity index (χ4n) is 1.51. The second-order valence-corrected chi connectivity index (χ2v) is 4.65. The highest BCUT2D eigenvalue weighted by Crippen LogP contribution is 2.18. The molecule has 0 bridgehead atoms. The van der Waals surface area contributed by atoms with Gasteiger partial charge in [0.15, 0.2) is 0 Å². The normalized spacial score (nSPS) is 12.5. The van der Waals surface area contributed by atoms with Crippen LogP contribution in [0.3, 0.4) is 0 Å². The number of anilines is 1. The van der Waals surface area contributed by atoms with Crippen LogP contribution in [0.5, 0.6) is 0 Å². The summed E-state index contributed by atoms with van der Waals surface area (Å²) in [7, 11) is 0. The average molecular weight is 277 g/mol. The minimum atomic E-state index is 0.143. The van der Waals surface area contributed by atoms with Gasteiger partial charge in [0.2, 0.25) is 16.5 Å². The molecular formula is C11H18Cl2N4. The zero-order valence-electron chi connectivity index (χ0n) is 10.5. The molecule has 0 aliphatic rings. The van der Waals surface area contributed by atoms with Gasteiger partial charge in [-0.15, -0.1) is 0 Å². The molecule has 1 aromatic heterocycles. The highest BCUT2D eigenvalue weighted by Gasteiger charge is 2.16. The smallest absolute Gasteiger partial charge is 0.231 e. The minimum absolute atomic E-state index is 0.143. The van der Waals surface area contributed by atoms with Crippen LogP contribution in [0.2, 0.25) is 10.6 Å². The molecule has 0 aliphatic heterocycles. The van der Waals surface area contributed by atoms with Crippen molar-refractivity contribution >= 4 is 29.2 Å². The average Bonchev–Trinajstić information content (AvgIpc) is 2.28. The van der Waals surface area contributed by atoms with E-state index in [0.717, 1.165) is 25.8 Å². The van der Waals surface area contributed by atoms with Gasteiger partial charge in [0, 0.05) is 12.6 Å². The Hall–Kier alpha value is -0.610. The predicted molar refractivity (Wildman–Crippen MR) is 71.9 cm³/mol. The Bertz CT molecular complexity index is 339. The summed E-state index contributed by atoms with van der Waals surface area (Å²) in [6.07, 6.45) is 3.23. The quantitative estimate of drug-likeness (QED) is 0.797. The fourth-order valence-corrected chi connectivity index (χ4v) is 1.87. The van der Waals surface area contributed by atoms with Crippen molar-refractivity contribution in [2.75, 3.05) is 11.4 Å². The molecule has 0 fully saturated rings. The Balaban J connectivity index is 2.94. The van der Waals surface area contributed by atoms with E-state index in [9.17, 15) is 0 Å². The molecule has 1 aromatic rings. The van der Waals surface area contributed by atoms with Crippen LogP contribution in [0.25, 0.3) is 0 Å². The van der Waals surface area contributed by atoms with Crippen molar-refractivity contribution in [1.82, 2.24) is 15.0 Å². The zero-order valence-corrected chi connectivity index (χ0v) is 12.0. The van der Waals surface area contributed by atoms with E-state index in [-0.39, 0.29) is 10.6 Å². The van der Waals surface area contributed by atoms with Crippen LogP contribution in [0.4, 0.5) is 5.95 Å². The first-order valence-electron chi connectivity index (χ1n) is 5.92. The van der Waals surface area contributed by atoms with E-state index in [1.807, 2.05) is 0 Å². The van der Waals surface area contributed by atoms with Gasteiger partial charge in [0.1, 0.15) is 0 Å². The monoisotopic (exact) mass is 276 g/mol. The maximum atomic E-state index is 5.80. The van der Waals surface area contributed by atoms with E-state index in [0.29, 0.717) is 12.0 Å². The van der Waals surface area contributed by atoms with E-state index in [4.69, 9.17) is 23.2 Å². The van der Waals surface area contributed by atoms with Crippen LogP contribution >= 0.6 is 23.2 Å². The summed E-state index contributed by atoms with van der Waals surface area (Å²) in [5.74, 6) is 0.567. The van der Waals surface area contributed by atoms with Gasteiger partial charge in [-0.05, 0) is 43.0 Å². The molecule has 6 heteroatoms. The molecule has 0 amide bonds. The molecule has 1 heterocycles. The molecule has 4 nitrogen and oxygen atoms in total. The molecule has 0 saturated heterocycles. The van der Waals surface area contributed by atoms with Crippen molar-refractivity contribution < 1.29 is 0 Å². The van der Waals surface area contributed by atoms with Crippen LogP contribution in [-0.4, -0.2) is 27.5 Å². The summed E-state index contributed by atoms with van der Waals surface area (Å²) >= 11 is 11.6. The fraction of sp³-hybridized carbons (Fsp3) is 0.727. The molecule has 0 spiro atoms. The Labute approximate surface area is 112 Å². The van der Waals surface area contributed by atoms with E-state index < -0.39 is 0 Å². The highest BCUT2D eigenvalue weighted by atomic mass is 35.5. The summed E-state index contributed by atoms with van der Waals surface area (Å²) in [5.41, 5.74) is 0. The largest absolute Gasteiger partial charge is 0.338 e. The predicted octanol–water partition coefficient (Wildman–Crippen LogP) is 3.58. The van der Waals surface area contributed by atoms with E-state index in [2.05, 4.69) is 40.6 Å². The van der Waals surface area contributed by atoms with Crippen LogP contribution in [0.15, 0.2) is 0 Å². The maximum absolute atomic E-state index is 5.80. The highest BCUT2D eigenvalue weighted by molar-refractivity contribution is 6.31. The Morgan fingerprint density at radius 2 is 1.71 bits per heavy atom. The molecule has 0 aliphatic carbocycles. The number of halogens is 2. The molecule has 1 atom stereocenters. The van der Waals surface area contributed by atoms with E-state index in [1.54, 1.807) is 0 Å². The molecule has 0 N–H and O–H groups in total. The summed E-state index contributed by atoms with van der Waals surface area (Å²) in [4.78, 5) is 14.2. The van der Waals surface area contributed by atoms with Crippen molar-refractivity contribution in [2.24, 2.45) is 0 Å². The summed E-state index contributed by atoms with van der Waals surface area (Å²) in [6.45, 7) is 7.33. The zero-order chi connectivity index (χ0) is 12.8. The van der Waals surface area contributed by atoms with Gasteiger partial charge >= 0.3 is 0 Å². The van der Waals surface area contributed by atoms with Gasteiger partial charge in [-0.1, -0.05) is 20.3 Å². The van der Waals surface area contributed by atoms with Crippen LogP contribution in [-0.2, 0) is 0 Å². The summed E-state index contributed by atoms with van der Waals surface area (Å²) in [5, 5.41) is 0.287. The summed E-state index contributed by atoms with van der Waals surface area (Å²) < 4.78 is 0. The van der Waals surface area contributed by atoms with Gasteiger partial charge in [0.05, 0.1) is 0 Å². The first kappa shape index (κ1) is 14.5. The third-order valence-electron chi connectivity index (χ3n) is 2.70. The van der Waals surface area contributed by atoms with Crippen molar-refractivity contribution in [3.8, 4) is 0 Å². The third kappa shape index (κ3) is 4.28. The van der Waals surface area contributed by atoms with E-state index >= 15 is 0 Å². The molecular weight excluding hydrogens is 259 g/mol. The van der Waals surface area contributed by atoms with Gasteiger partial charge in [-0.3, -0.25) is 0 Å². The van der Waals surface area contributed by atoms with Gasteiger partial charge in [-0.2, -0.15) is 15.0 Å². The number of aromatic nitrogens is 3. The minimum Gasteiger partial charge on any atom is -0.338 e. The number of unbranched alkanes of at least 4 members (excludes halogenated alkanes) is 1. The van der Waals surface area contributed by atoms with Gasteiger partial charge in [-0.25, -0.2) is 0 Å². The Morgan fingerprint density at radius 3 is 2.18 bits per heavy atom. The molecule has 0 radical (unpaired) electrons. The number of hydrogen-bond donors (Lipinski definition) is 0. The van der Waals surface area contributed by atoms with Crippen LogP contribution < -0.4 is 4.90 Å². The van der Waals surface area contributed by atoms with E-state index in [1.165, 1.54) is 0 Å². The Morgan fingerprint density at radius 1 is 1.12 bits per heavy atom. The first-order chi connectivity index (χ1) is 8.08. The number of rotatable bonds is 6. The first-order valence-corrected chi connectivity index (χ1v) is 6.67. The second-order valence-electron chi connectivity index (χ2n) is 3.98. The third-order valence-corrected chi connectivity index (χ3v) is 3.04. The van der Waals surface area contributed by atoms with Gasteiger partial charge in [0.25, 0.3) is 0 Å². The molecule has 17 heavy (non-hydrogen) atoms. The van der Waals surface area contributed by atoms with Crippen molar-refractivity contribution in [3.63, 3.8) is 0 Å². The standard InChI is InChI=1S/C11H18Cl2N4/c1-4-6-7-17(8(3)5-2)11-15-9(12)14-10(13)16-11/h8H,4-7H2,1-3H3. The molecule has 96 valence electrons. The molecule has 1 rings (SSSR count). The lowest BCUT2D eigenvalue weighted by Crippen LogP contribution is -2.35. The Kier molecular flexibility index (Phi) is 5.92. The molecule has 0 saturated carbocycles. The van der Waals surface area contributed by atoms with Crippen molar-refractivity contribution in [2.45, 2.75) is 46.1 Å². The lowest BCUT2D eigenvalue weighted by molar-refractivity contribution is 0.581. The van der Waals surface area contributed by atoms with Gasteiger partial charge < -0.3 is 4.90 Å². The lowest BCUT2D eigenvalue weighted by atomic mass is 10.2.